The third kappa shape index (κ3) is 3.32. The number of carbonyl (C=O) groups excluding carboxylic acids is 1. The van der Waals surface area contributed by atoms with Gasteiger partial charge in [0.2, 0.25) is 5.91 Å². The number of nitrogens with zero attached hydrogens (tertiary/aromatic N) is 1. The highest BCUT2D eigenvalue weighted by molar-refractivity contribution is 14.1. The summed E-state index contributed by atoms with van der Waals surface area (Å²) >= 11 is 2.18. The van der Waals surface area contributed by atoms with E-state index in [1.165, 1.54) is 4.31 Å². The maximum Gasteiger partial charge on any atom is 0.265 e. The Bertz CT molecular complexity index is 1130. The Morgan fingerprint density at radius 2 is 1.52 bits per heavy atom. The molecular weight excluding hydrogens is 475 g/mol. The molecule has 0 aromatic heterocycles. The first-order chi connectivity index (χ1) is 13.0. The molecule has 0 saturated carbocycles. The van der Waals surface area contributed by atoms with Gasteiger partial charge < -0.3 is 5.32 Å². The molecule has 1 heterocycles. The molecule has 0 atom stereocenters. The fraction of sp³-hybridized carbons (Fsp3) is 0.0500. The molecule has 3 aromatic carbocycles. The summed E-state index contributed by atoms with van der Waals surface area (Å²) in [7, 11) is -3.82. The van der Waals surface area contributed by atoms with Gasteiger partial charge in [-0.05, 0) is 59.0 Å². The zero-order valence-electron chi connectivity index (χ0n) is 14.1. The number of anilines is 2. The van der Waals surface area contributed by atoms with E-state index in [-0.39, 0.29) is 11.4 Å². The number of rotatable bonds is 3. The molecule has 27 heavy (non-hydrogen) atoms. The smallest absolute Gasteiger partial charge is 0.265 e. The number of para-hydroxylation sites is 1. The second-order valence-electron chi connectivity index (χ2n) is 6.08. The van der Waals surface area contributed by atoms with Crippen molar-refractivity contribution in [3.63, 3.8) is 0 Å². The number of halogens is 1. The van der Waals surface area contributed by atoms with Gasteiger partial charge in [-0.15, -0.1) is 0 Å². The largest absolute Gasteiger partial charge is 0.325 e. The number of benzene rings is 3. The van der Waals surface area contributed by atoms with Gasteiger partial charge in [0.1, 0.15) is 6.54 Å². The number of fused-ring (bicyclic) bond motifs is 3. The van der Waals surface area contributed by atoms with E-state index in [9.17, 15) is 13.2 Å². The molecule has 1 aliphatic heterocycles. The molecule has 1 N–H and O–H groups in total. The van der Waals surface area contributed by atoms with Crippen LogP contribution in [0.5, 0.6) is 0 Å². The number of hydrogen-bond acceptors (Lipinski definition) is 3. The quantitative estimate of drug-likeness (QED) is 0.563. The summed E-state index contributed by atoms with van der Waals surface area (Å²) in [5.41, 5.74) is 2.59. The summed E-state index contributed by atoms with van der Waals surface area (Å²) in [6.07, 6.45) is 0. The van der Waals surface area contributed by atoms with Crippen molar-refractivity contribution in [2.45, 2.75) is 4.90 Å². The predicted molar refractivity (Wildman–Crippen MR) is 114 cm³/mol. The van der Waals surface area contributed by atoms with Gasteiger partial charge in [0.05, 0.1) is 10.6 Å². The third-order valence-corrected chi connectivity index (χ3v) is 6.87. The van der Waals surface area contributed by atoms with Crippen molar-refractivity contribution in [2.75, 3.05) is 16.2 Å². The van der Waals surface area contributed by atoms with Crippen molar-refractivity contribution in [3.8, 4) is 11.1 Å². The van der Waals surface area contributed by atoms with Crippen molar-refractivity contribution in [1.29, 1.82) is 0 Å². The SMILES string of the molecule is O=C(CN1c2ccccc2-c2ccccc2S1(=O)=O)Nc1ccc(I)cc1. The Morgan fingerprint density at radius 3 is 2.26 bits per heavy atom. The van der Waals surface area contributed by atoms with E-state index in [0.29, 0.717) is 16.9 Å². The maximum atomic E-state index is 13.1. The van der Waals surface area contributed by atoms with Gasteiger partial charge in [-0.3, -0.25) is 9.10 Å². The minimum atomic E-state index is -3.82. The molecule has 4 rings (SSSR count). The molecule has 0 fully saturated rings. The number of carbonyl (C=O) groups is 1. The van der Waals surface area contributed by atoms with Gasteiger partial charge >= 0.3 is 0 Å². The van der Waals surface area contributed by atoms with Crippen molar-refractivity contribution in [1.82, 2.24) is 0 Å². The highest BCUT2D eigenvalue weighted by Crippen LogP contribution is 2.42. The van der Waals surface area contributed by atoms with E-state index < -0.39 is 15.9 Å². The van der Waals surface area contributed by atoms with E-state index >= 15 is 0 Å². The Labute approximate surface area is 171 Å². The molecule has 136 valence electrons. The van der Waals surface area contributed by atoms with Gasteiger partial charge in [0.15, 0.2) is 0 Å². The molecule has 0 bridgehead atoms. The van der Waals surface area contributed by atoms with Gasteiger partial charge in [-0.2, -0.15) is 0 Å². The Morgan fingerprint density at radius 1 is 0.889 bits per heavy atom. The predicted octanol–water partition coefficient (Wildman–Crippen LogP) is 4.11. The van der Waals surface area contributed by atoms with Crippen molar-refractivity contribution in [2.24, 2.45) is 0 Å². The first-order valence-electron chi connectivity index (χ1n) is 8.23. The topological polar surface area (TPSA) is 66.5 Å². The summed E-state index contributed by atoms with van der Waals surface area (Å²) in [6, 6.07) is 21.4. The van der Waals surface area contributed by atoms with Crippen molar-refractivity contribution < 1.29 is 13.2 Å². The molecule has 1 amide bonds. The van der Waals surface area contributed by atoms with Gasteiger partial charge in [-0.1, -0.05) is 36.4 Å². The van der Waals surface area contributed by atoms with Crippen LogP contribution in [0, 0.1) is 3.57 Å². The molecule has 0 saturated heterocycles. The first kappa shape index (κ1) is 18.0. The van der Waals surface area contributed by atoms with Crippen molar-refractivity contribution in [3.05, 3.63) is 76.4 Å². The summed E-state index contributed by atoms with van der Waals surface area (Å²) in [4.78, 5) is 12.8. The molecule has 1 aliphatic rings. The van der Waals surface area contributed by atoms with Crippen LogP contribution in [-0.4, -0.2) is 20.9 Å². The minimum absolute atomic E-state index is 0.214. The lowest BCUT2D eigenvalue weighted by molar-refractivity contribution is -0.114. The average molecular weight is 490 g/mol. The zero-order valence-corrected chi connectivity index (χ0v) is 17.1. The lowest BCUT2D eigenvalue weighted by Gasteiger charge is -2.31. The average Bonchev–Trinajstić information content (AvgIpc) is 2.67. The highest BCUT2D eigenvalue weighted by atomic mass is 127. The van der Waals surface area contributed by atoms with Crippen LogP contribution in [0.1, 0.15) is 0 Å². The van der Waals surface area contributed by atoms with Crippen LogP contribution in [0.3, 0.4) is 0 Å². The van der Waals surface area contributed by atoms with Gasteiger partial charge in [-0.25, -0.2) is 8.42 Å². The van der Waals surface area contributed by atoms with Crippen LogP contribution in [0.25, 0.3) is 11.1 Å². The van der Waals surface area contributed by atoms with Gasteiger partial charge in [0.25, 0.3) is 10.0 Å². The molecule has 0 radical (unpaired) electrons. The number of amides is 1. The van der Waals surface area contributed by atoms with E-state index in [4.69, 9.17) is 0 Å². The maximum absolute atomic E-state index is 13.1. The summed E-state index contributed by atoms with van der Waals surface area (Å²) in [6.45, 7) is -0.292. The second-order valence-corrected chi connectivity index (χ2v) is 9.16. The number of sulfonamides is 1. The van der Waals surface area contributed by atoms with Crippen molar-refractivity contribution >= 4 is 49.9 Å². The monoisotopic (exact) mass is 490 g/mol. The minimum Gasteiger partial charge on any atom is -0.325 e. The highest BCUT2D eigenvalue weighted by Gasteiger charge is 2.35. The van der Waals surface area contributed by atoms with Crippen LogP contribution in [0.2, 0.25) is 0 Å². The summed E-state index contributed by atoms with van der Waals surface area (Å²) in [5, 5.41) is 2.76. The molecule has 0 spiro atoms. The molecule has 0 aliphatic carbocycles. The summed E-state index contributed by atoms with van der Waals surface area (Å²) < 4.78 is 28.5. The lowest BCUT2D eigenvalue weighted by atomic mass is 10.0. The first-order valence-corrected chi connectivity index (χ1v) is 10.8. The number of hydrogen-bond donors (Lipinski definition) is 1. The van der Waals surface area contributed by atoms with Crippen LogP contribution >= 0.6 is 22.6 Å². The molecule has 5 nitrogen and oxygen atoms in total. The molecule has 7 heteroatoms. The van der Waals surface area contributed by atoms with Gasteiger partial charge in [0, 0.05) is 20.4 Å². The Hall–Kier alpha value is -2.39. The standard InChI is InChI=1S/C20H15IN2O3S/c21-14-9-11-15(12-10-14)22-20(24)13-23-18-7-3-1-5-16(18)17-6-2-4-8-19(17)27(23,25)26/h1-12H,13H2,(H,22,24). The van der Waals surface area contributed by atoms with Crippen LogP contribution in [0.4, 0.5) is 11.4 Å². The van der Waals surface area contributed by atoms with Crippen LogP contribution in [0.15, 0.2) is 77.7 Å². The third-order valence-electron chi connectivity index (χ3n) is 4.33. The van der Waals surface area contributed by atoms with E-state index in [2.05, 4.69) is 27.9 Å². The van der Waals surface area contributed by atoms with Crippen LogP contribution in [-0.2, 0) is 14.8 Å². The van der Waals surface area contributed by atoms with E-state index in [0.717, 1.165) is 9.13 Å². The normalized spacial score (nSPS) is 14.2. The Kier molecular flexibility index (Phi) is 4.65. The Balaban J connectivity index is 1.70. The number of nitrogens with one attached hydrogen (secondary N) is 1. The zero-order chi connectivity index (χ0) is 19.0. The van der Waals surface area contributed by atoms with E-state index in [1.807, 2.05) is 30.3 Å². The molecule has 0 unspecified atom stereocenters. The molecular formula is C20H15IN2O3S. The second kappa shape index (κ2) is 6.97. The van der Waals surface area contributed by atoms with Crippen LogP contribution < -0.4 is 9.62 Å². The molecule has 3 aromatic rings. The van der Waals surface area contributed by atoms with E-state index in [1.54, 1.807) is 42.5 Å². The summed E-state index contributed by atoms with van der Waals surface area (Å²) in [5.74, 6) is -0.394. The fourth-order valence-corrected chi connectivity index (χ4v) is 5.12. The lowest BCUT2D eigenvalue weighted by Crippen LogP contribution is -2.40. The fourth-order valence-electron chi connectivity index (χ4n) is 3.12.